The molecule has 1 aromatic heterocycles. The van der Waals surface area contributed by atoms with Crippen molar-refractivity contribution in [1.82, 2.24) is 15.3 Å². The topological polar surface area (TPSA) is 78.9 Å². The first-order valence-electron chi connectivity index (χ1n) is 6.30. The Labute approximate surface area is 118 Å². The van der Waals surface area contributed by atoms with E-state index in [1.54, 1.807) is 7.05 Å². The summed E-state index contributed by atoms with van der Waals surface area (Å²) in [5.74, 6) is 1.02. The molecule has 0 aliphatic carbocycles. The minimum absolute atomic E-state index is 0.0147. The van der Waals surface area contributed by atoms with Crippen LogP contribution in [0.25, 0.3) is 0 Å². The third kappa shape index (κ3) is 5.30. The van der Waals surface area contributed by atoms with Crippen LogP contribution in [0.1, 0.15) is 26.7 Å². The number of nitrogens with zero attached hydrogens (tertiary/aromatic N) is 2. The van der Waals surface area contributed by atoms with Crippen molar-refractivity contribution in [3.8, 4) is 0 Å². The number of hydrogen-bond donors (Lipinski definition) is 3. The molecule has 1 unspecified atom stereocenters. The number of aromatic nitrogens is 2. The average molecular weight is 286 g/mol. The lowest BCUT2D eigenvalue weighted by molar-refractivity contribution is -0.121. The van der Waals surface area contributed by atoms with Gasteiger partial charge in [0.1, 0.15) is 10.8 Å². The fourth-order valence-corrected chi connectivity index (χ4v) is 1.51. The molecule has 0 aliphatic heterocycles. The molecule has 0 radical (unpaired) electrons. The van der Waals surface area contributed by atoms with E-state index in [0.29, 0.717) is 29.8 Å². The molecular formula is C12H20ClN5O. The highest BCUT2D eigenvalue weighted by atomic mass is 35.5. The molecule has 1 rings (SSSR count). The molecule has 7 heteroatoms. The summed E-state index contributed by atoms with van der Waals surface area (Å²) >= 11 is 5.96. The molecule has 0 saturated heterocycles. The summed E-state index contributed by atoms with van der Waals surface area (Å²) in [6.45, 7) is 4.48. The van der Waals surface area contributed by atoms with Gasteiger partial charge in [0, 0.05) is 26.1 Å². The number of anilines is 2. The van der Waals surface area contributed by atoms with Crippen LogP contribution in [0.4, 0.5) is 11.8 Å². The second-order valence-corrected chi connectivity index (χ2v) is 4.60. The van der Waals surface area contributed by atoms with Crippen LogP contribution in [0.15, 0.2) is 6.20 Å². The summed E-state index contributed by atoms with van der Waals surface area (Å²) in [6.07, 6.45) is 2.81. The van der Waals surface area contributed by atoms with Gasteiger partial charge in [-0.2, -0.15) is 4.98 Å². The minimum Gasteiger partial charge on any atom is -0.368 e. The standard InChI is InChI=1S/C12H20ClN5O/c1-4-8(2)17-10(19)5-6-15-11-9(13)7-16-12(14-3)18-11/h7-8H,4-6H2,1-3H3,(H,17,19)(H2,14,15,16,18). The van der Waals surface area contributed by atoms with Gasteiger partial charge < -0.3 is 16.0 Å². The predicted molar refractivity (Wildman–Crippen MR) is 77.6 cm³/mol. The van der Waals surface area contributed by atoms with Crippen LogP contribution in [0, 0.1) is 0 Å². The third-order valence-electron chi connectivity index (χ3n) is 2.63. The zero-order valence-electron chi connectivity index (χ0n) is 11.5. The van der Waals surface area contributed by atoms with Crippen molar-refractivity contribution >= 4 is 29.3 Å². The van der Waals surface area contributed by atoms with E-state index in [4.69, 9.17) is 11.6 Å². The molecule has 0 saturated carbocycles. The Kier molecular flexibility index (Phi) is 6.35. The van der Waals surface area contributed by atoms with E-state index in [2.05, 4.69) is 25.9 Å². The third-order valence-corrected chi connectivity index (χ3v) is 2.91. The number of carbonyl (C=O) groups excluding carboxylic acids is 1. The van der Waals surface area contributed by atoms with Gasteiger partial charge in [-0.25, -0.2) is 4.98 Å². The lowest BCUT2D eigenvalue weighted by Gasteiger charge is -2.12. The lowest BCUT2D eigenvalue weighted by atomic mass is 10.2. The molecule has 0 fully saturated rings. The minimum atomic E-state index is 0.0147. The molecule has 1 aromatic rings. The Morgan fingerprint density at radius 1 is 1.53 bits per heavy atom. The molecule has 3 N–H and O–H groups in total. The predicted octanol–water partition coefficient (Wildman–Crippen LogP) is 1.89. The van der Waals surface area contributed by atoms with Crippen molar-refractivity contribution in [2.75, 3.05) is 24.2 Å². The van der Waals surface area contributed by atoms with Crippen LogP contribution < -0.4 is 16.0 Å². The van der Waals surface area contributed by atoms with Crippen LogP contribution in [-0.2, 0) is 4.79 Å². The summed E-state index contributed by atoms with van der Waals surface area (Å²) in [7, 11) is 1.73. The van der Waals surface area contributed by atoms with E-state index < -0.39 is 0 Å². The van der Waals surface area contributed by atoms with Crippen LogP contribution >= 0.6 is 11.6 Å². The molecule has 1 heterocycles. The molecule has 0 spiro atoms. The van der Waals surface area contributed by atoms with Crippen LogP contribution in [0.3, 0.4) is 0 Å². The summed E-state index contributed by atoms with van der Waals surface area (Å²) in [6, 6.07) is 0.200. The van der Waals surface area contributed by atoms with Gasteiger partial charge in [0.15, 0.2) is 0 Å². The maximum Gasteiger partial charge on any atom is 0.224 e. The van der Waals surface area contributed by atoms with Crippen LogP contribution in [0.5, 0.6) is 0 Å². The monoisotopic (exact) mass is 285 g/mol. The van der Waals surface area contributed by atoms with Gasteiger partial charge in [-0.3, -0.25) is 4.79 Å². The molecule has 0 bridgehead atoms. The van der Waals surface area contributed by atoms with E-state index in [1.165, 1.54) is 6.20 Å². The Bertz CT molecular complexity index is 427. The number of hydrogen-bond acceptors (Lipinski definition) is 5. The number of rotatable bonds is 7. The molecule has 1 amide bonds. The fraction of sp³-hybridized carbons (Fsp3) is 0.583. The zero-order valence-corrected chi connectivity index (χ0v) is 12.2. The smallest absolute Gasteiger partial charge is 0.224 e. The van der Waals surface area contributed by atoms with Gasteiger partial charge in [0.25, 0.3) is 0 Å². The first kappa shape index (κ1) is 15.5. The normalized spacial score (nSPS) is 11.8. The quantitative estimate of drug-likeness (QED) is 0.713. The molecular weight excluding hydrogens is 266 g/mol. The van der Waals surface area contributed by atoms with Gasteiger partial charge in [-0.05, 0) is 13.3 Å². The Hall–Kier alpha value is -1.56. The van der Waals surface area contributed by atoms with E-state index in [1.807, 2.05) is 13.8 Å². The zero-order chi connectivity index (χ0) is 14.3. The van der Waals surface area contributed by atoms with Gasteiger partial charge in [0.05, 0.1) is 6.20 Å². The summed E-state index contributed by atoms with van der Waals surface area (Å²) in [4.78, 5) is 19.7. The number of halogens is 1. The molecule has 1 atom stereocenters. The van der Waals surface area contributed by atoms with Crippen molar-refractivity contribution in [3.05, 3.63) is 11.2 Å². The molecule has 0 aromatic carbocycles. The van der Waals surface area contributed by atoms with Crippen molar-refractivity contribution in [2.45, 2.75) is 32.7 Å². The van der Waals surface area contributed by atoms with Gasteiger partial charge in [-0.1, -0.05) is 18.5 Å². The highest BCUT2D eigenvalue weighted by Crippen LogP contribution is 2.18. The Morgan fingerprint density at radius 3 is 2.89 bits per heavy atom. The number of nitrogens with one attached hydrogen (secondary N) is 3. The fourth-order valence-electron chi connectivity index (χ4n) is 1.36. The van der Waals surface area contributed by atoms with E-state index in [9.17, 15) is 4.79 Å². The summed E-state index contributed by atoms with van der Waals surface area (Å²) < 4.78 is 0. The van der Waals surface area contributed by atoms with Crippen LogP contribution in [0.2, 0.25) is 5.02 Å². The van der Waals surface area contributed by atoms with E-state index in [-0.39, 0.29) is 11.9 Å². The second kappa shape index (κ2) is 7.78. The maximum absolute atomic E-state index is 11.6. The first-order chi connectivity index (χ1) is 9.06. The van der Waals surface area contributed by atoms with Crippen molar-refractivity contribution in [3.63, 3.8) is 0 Å². The SMILES string of the molecule is CCC(C)NC(=O)CCNc1nc(NC)ncc1Cl. The lowest BCUT2D eigenvalue weighted by Crippen LogP contribution is -2.33. The number of amides is 1. The van der Waals surface area contributed by atoms with Crippen LogP contribution in [-0.4, -0.2) is 35.5 Å². The molecule has 6 nitrogen and oxygen atoms in total. The highest BCUT2D eigenvalue weighted by Gasteiger charge is 2.07. The molecule has 0 aliphatic rings. The van der Waals surface area contributed by atoms with Crippen molar-refractivity contribution < 1.29 is 4.79 Å². The van der Waals surface area contributed by atoms with E-state index in [0.717, 1.165) is 6.42 Å². The maximum atomic E-state index is 11.6. The first-order valence-corrected chi connectivity index (χ1v) is 6.68. The second-order valence-electron chi connectivity index (χ2n) is 4.19. The Morgan fingerprint density at radius 2 is 2.26 bits per heavy atom. The number of carbonyl (C=O) groups is 1. The van der Waals surface area contributed by atoms with Crippen molar-refractivity contribution in [2.24, 2.45) is 0 Å². The molecule has 19 heavy (non-hydrogen) atoms. The summed E-state index contributed by atoms with van der Waals surface area (Å²) in [5.41, 5.74) is 0. The van der Waals surface area contributed by atoms with Gasteiger partial charge in [0.2, 0.25) is 11.9 Å². The average Bonchev–Trinajstić information content (AvgIpc) is 2.40. The van der Waals surface area contributed by atoms with Gasteiger partial charge in [-0.15, -0.1) is 0 Å². The highest BCUT2D eigenvalue weighted by molar-refractivity contribution is 6.32. The van der Waals surface area contributed by atoms with Crippen molar-refractivity contribution in [1.29, 1.82) is 0 Å². The largest absolute Gasteiger partial charge is 0.368 e. The molecule has 106 valence electrons. The van der Waals surface area contributed by atoms with E-state index >= 15 is 0 Å². The summed E-state index contributed by atoms with van der Waals surface area (Å²) in [5, 5.41) is 9.18. The van der Waals surface area contributed by atoms with Gasteiger partial charge >= 0.3 is 0 Å². The Balaban J connectivity index is 2.42.